The number of rotatable bonds is 5. The molecule has 1 aromatic rings. The van der Waals surface area contributed by atoms with Gasteiger partial charge in [-0.05, 0) is 37.0 Å². The van der Waals surface area contributed by atoms with Crippen molar-refractivity contribution in [2.24, 2.45) is 0 Å². The van der Waals surface area contributed by atoms with Crippen molar-refractivity contribution in [3.05, 3.63) is 10.6 Å². The third kappa shape index (κ3) is 4.32. The average Bonchev–Trinajstić information content (AvgIpc) is 2.27. The fraction of sp³-hybridized carbons (Fsp3) is 0.556. The number of aromatic nitrogens is 3. The zero-order valence-corrected chi connectivity index (χ0v) is 11.1. The molecule has 6 nitrogen and oxygen atoms in total. The summed E-state index contributed by atoms with van der Waals surface area (Å²) in [5, 5.41) is 2.73. The molecule has 0 saturated carbocycles. The van der Waals surface area contributed by atoms with E-state index in [2.05, 4.69) is 20.3 Å². The summed E-state index contributed by atoms with van der Waals surface area (Å²) in [6.45, 7) is 5.25. The molecule has 0 atom stereocenters. The predicted molar refractivity (Wildman–Crippen MR) is 66.3 cm³/mol. The van der Waals surface area contributed by atoms with Gasteiger partial charge in [-0.15, -0.1) is 0 Å². The molecule has 0 fully saturated rings. The number of hydrogen-bond donors (Lipinski definition) is 1. The number of hydrogen-bond acceptors (Lipinski definition) is 5. The predicted octanol–water partition coefficient (Wildman–Crippen LogP) is 1.46. The Kier molecular flexibility index (Phi) is 5.37. The van der Waals surface area contributed by atoms with Crippen LogP contribution in [0.2, 0.25) is 10.6 Å². The van der Waals surface area contributed by atoms with E-state index in [1.165, 1.54) is 0 Å². The van der Waals surface area contributed by atoms with Crippen LogP contribution >= 0.6 is 23.2 Å². The molecule has 0 aliphatic heterocycles. The Morgan fingerprint density at radius 1 is 1.18 bits per heavy atom. The lowest BCUT2D eigenvalue weighted by Crippen LogP contribution is -2.35. The Bertz CT molecular complexity index is 377. The fourth-order valence-electron chi connectivity index (χ4n) is 1.25. The molecule has 0 bridgehead atoms. The molecule has 0 saturated heterocycles. The molecule has 1 aromatic heterocycles. The van der Waals surface area contributed by atoms with Gasteiger partial charge >= 0.3 is 0 Å². The number of nitrogens with zero attached hydrogens (tertiary/aromatic N) is 4. The molecule has 0 aliphatic carbocycles. The lowest BCUT2D eigenvalue weighted by Gasteiger charge is -2.18. The second-order valence-electron chi connectivity index (χ2n) is 3.12. The second kappa shape index (κ2) is 6.56. The highest BCUT2D eigenvalue weighted by molar-refractivity contribution is 6.31. The third-order valence-corrected chi connectivity index (χ3v) is 2.43. The number of carbonyl (C=O) groups is 1. The number of nitrogens with one attached hydrogen (secondary N) is 1. The largest absolute Gasteiger partial charge is 0.345 e. The van der Waals surface area contributed by atoms with E-state index in [0.29, 0.717) is 13.1 Å². The number of anilines is 1. The Hall–Kier alpha value is -1.14. The molecule has 1 amide bonds. The van der Waals surface area contributed by atoms with Crippen LogP contribution in [0.1, 0.15) is 13.8 Å². The molecule has 1 heterocycles. The number of carbonyl (C=O) groups excluding carboxylic acids is 1. The summed E-state index contributed by atoms with van der Waals surface area (Å²) in [6, 6.07) is 0. The van der Waals surface area contributed by atoms with Crippen LogP contribution < -0.4 is 5.32 Å². The van der Waals surface area contributed by atoms with Crippen LogP contribution in [-0.2, 0) is 4.79 Å². The van der Waals surface area contributed by atoms with Crippen LogP contribution in [-0.4, -0.2) is 45.4 Å². The van der Waals surface area contributed by atoms with E-state index in [1.54, 1.807) is 4.90 Å². The van der Waals surface area contributed by atoms with Crippen molar-refractivity contribution in [1.82, 2.24) is 19.9 Å². The highest BCUT2D eigenvalue weighted by Gasteiger charge is 2.10. The molecule has 0 aromatic carbocycles. The SMILES string of the molecule is CCN(CC)C(=O)CNc1nc(Cl)nc(Cl)n1. The van der Waals surface area contributed by atoms with Crippen LogP contribution in [0.25, 0.3) is 0 Å². The Morgan fingerprint density at radius 3 is 2.18 bits per heavy atom. The first kappa shape index (κ1) is 13.9. The van der Waals surface area contributed by atoms with Gasteiger partial charge in [0.15, 0.2) is 0 Å². The monoisotopic (exact) mass is 277 g/mol. The van der Waals surface area contributed by atoms with Crippen LogP contribution in [0.4, 0.5) is 5.95 Å². The first-order valence-corrected chi connectivity index (χ1v) is 5.91. The number of likely N-dealkylation sites (N-methyl/N-ethyl adjacent to an activating group) is 1. The van der Waals surface area contributed by atoms with Crippen molar-refractivity contribution in [1.29, 1.82) is 0 Å². The number of amides is 1. The zero-order valence-electron chi connectivity index (χ0n) is 9.57. The quantitative estimate of drug-likeness (QED) is 0.882. The van der Waals surface area contributed by atoms with Crippen molar-refractivity contribution >= 4 is 35.1 Å². The zero-order chi connectivity index (χ0) is 12.8. The van der Waals surface area contributed by atoms with Gasteiger partial charge in [-0.25, -0.2) is 0 Å². The van der Waals surface area contributed by atoms with Crippen molar-refractivity contribution in [3.63, 3.8) is 0 Å². The molecule has 0 spiro atoms. The topological polar surface area (TPSA) is 71.0 Å². The van der Waals surface area contributed by atoms with Gasteiger partial charge in [0.1, 0.15) is 0 Å². The highest BCUT2D eigenvalue weighted by Crippen LogP contribution is 2.09. The first-order valence-electron chi connectivity index (χ1n) is 5.15. The van der Waals surface area contributed by atoms with Gasteiger partial charge in [-0.2, -0.15) is 15.0 Å². The van der Waals surface area contributed by atoms with Crippen LogP contribution in [0.15, 0.2) is 0 Å². The minimum atomic E-state index is -0.0392. The van der Waals surface area contributed by atoms with Gasteiger partial charge in [-0.3, -0.25) is 4.79 Å². The third-order valence-electron chi connectivity index (χ3n) is 2.09. The van der Waals surface area contributed by atoms with Gasteiger partial charge < -0.3 is 10.2 Å². The molecule has 17 heavy (non-hydrogen) atoms. The van der Waals surface area contributed by atoms with E-state index in [9.17, 15) is 4.79 Å². The molecule has 1 N–H and O–H groups in total. The summed E-state index contributed by atoms with van der Waals surface area (Å²) in [5.74, 6) is 0.151. The van der Waals surface area contributed by atoms with Crippen molar-refractivity contribution in [2.75, 3.05) is 25.0 Å². The average molecular weight is 278 g/mol. The van der Waals surface area contributed by atoms with E-state index in [-0.39, 0.29) is 29.0 Å². The van der Waals surface area contributed by atoms with Gasteiger partial charge in [0.25, 0.3) is 0 Å². The Labute approximate surface area is 109 Å². The molecule has 0 aliphatic rings. The van der Waals surface area contributed by atoms with Crippen LogP contribution in [0.3, 0.4) is 0 Å². The smallest absolute Gasteiger partial charge is 0.241 e. The van der Waals surface area contributed by atoms with Gasteiger partial charge in [-0.1, -0.05) is 0 Å². The summed E-state index contributed by atoms with van der Waals surface area (Å²) < 4.78 is 0. The first-order chi connectivity index (χ1) is 8.06. The van der Waals surface area contributed by atoms with E-state index < -0.39 is 0 Å². The van der Waals surface area contributed by atoms with E-state index in [4.69, 9.17) is 23.2 Å². The van der Waals surface area contributed by atoms with Gasteiger partial charge in [0, 0.05) is 13.1 Å². The summed E-state index contributed by atoms with van der Waals surface area (Å²) in [5.41, 5.74) is 0. The van der Waals surface area contributed by atoms with Crippen LogP contribution in [0, 0.1) is 0 Å². The number of halogens is 2. The van der Waals surface area contributed by atoms with Crippen molar-refractivity contribution in [3.8, 4) is 0 Å². The molecule has 8 heteroatoms. The summed E-state index contributed by atoms with van der Waals surface area (Å²) >= 11 is 11.2. The molecule has 0 radical (unpaired) electrons. The molecule has 94 valence electrons. The van der Waals surface area contributed by atoms with Crippen molar-refractivity contribution in [2.45, 2.75) is 13.8 Å². The normalized spacial score (nSPS) is 10.1. The standard InChI is InChI=1S/C9H13Cl2N5O/c1-3-16(4-2)6(17)5-12-9-14-7(10)13-8(11)15-9/h3-5H2,1-2H3,(H,12,13,14,15). The van der Waals surface area contributed by atoms with E-state index in [0.717, 1.165) is 0 Å². The minimum Gasteiger partial charge on any atom is -0.345 e. The minimum absolute atomic E-state index is 0.0113. The highest BCUT2D eigenvalue weighted by atomic mass is 35.5. The summed E-state index contributed by atoms with van der Waals surface area (Å²) in [7, 11) is 0. The molecule has 0 unspecified atom stereocenters. The molecule has 1 rings (SSSR count). The Morgan fingerprint density at radius 2 is 1.71 bits per heavy atom. The van der Waals surface area contributed by atoms with Crippen LogP contribution in [0.5, 0.6) is 0 Å². The second-order valence-corrected chi connectivity index (χ2v) is 3.79. The Balaban J connectivity index is 2.58. The maximum Gasteiger partial charge on any atom is 0.241 e. The van der Waals surface area contributed by atoms with E-state index in [1.807, 2.05) is 13.8 Å². The lowest BCUT2D eigenvalue weighted by atomic mass is 10.4. The maximum atomic E-state index is 11.7. The van der Waals surface area contributed by atoms with Gasteiger partial charge in [0.2, 0.25) is 22.4 Å². The van der Waals surface area contributed by atoms with Crippen molar-refractivity contribution < 1.29 is 4.79 Å². The summed E-state index contributed by atoms with van der Waals surface area (Å²) in [6.07, 6.45) is 0. The summed E-state index contributed by atoms with van der Waals surface area (Å²) in [4.78, 5) is 24.6. The van der Waals surface area contributed by atoms with Gasteiger partial charge in [0.05, 0.1) is 6.54 Å². The molecular weight excluding hydrogens is 265 g/mol. The maximum absolute atomic E-state index is 11.7. The molecular formula is C9H13Cl2N5O. The lowest BCUT2D eigenvalue weighted by molar-refractivity contribution is -0.128. The van der Waals surface area contributed by atoms with E-state index >= 15 is 0 Å². The fourth-order valence-corrected chi connectivity index (χ4v) is 1.61.